The molecule has 9 atom stereocenters. The van der Waals surface area contributed by atoms with E-state index in [0.29, 0.717) is 25.7 Å². The number of aliphatic hydroxyl groups excluding tert-OH is 2. The second-order valence-electron chi connectivity index (χ2n) is 8.44. The minimum absolute atomic E-state index is 0.0280. The molecule has 0 aliphatic carbocycles. The Balaban J connectivity index is 1.54. The molecule has 3 rings (SSSR count). The van der Waals surface area contributed by atoms with Gasteiger partial charge < -0.3 is 29.2 Å². The Labute approximate surface area is 200 Å². The maximum absolute atomic E-state index is 12.4. The predicted octanol–water partition coefficient (Wildman–Crippen LogP) is 2.04. The van der Waals surface area contributed by atoms with E-state index in [-0.39, 0.29) is 42.5 Å². The van der Waals surface area contributed by atoms with Gasteiger partial charge in [-0.05, 0) is 51.9 Å². The highest BCUT2D eigenvalue weighted by atomic mass is 127. The summed E-state index contributed by atoms with van der Waals surface area (Å²) in [6.45, 7) is 3.81. The number of esters is 1. The molecule has 2 unspecified atom stereocenters. The van der Waals surface area contributed by atoms with Crippen LogP contribution in [-0.2, 0) is 28.5 Å². The molecule has 0 aromatic carbocycles. The first-order valence-corrected chi connectivity index (χ1v) is 12.1. The summed E-state index contributed by atoms with van der Waals surface area (Å²) in [7, 11) is 1.32. The smallest absolute Gasteiger partial charge is 0.308 e. The Morgan fingerprint density at radius 3 is 2.52 bits per heavy atom. The molecule has 0 spiro atoms. The maximum Gasteiger partial charge on any atom is 0.308 e. The zero-order valence-electron chi connectivity index (χ0n) is 17.5. The summed E-state index contributed by atoms with van der Waals surface area (Å²) < 4.78 is 23.4. The summed E-state index contributed by atoms with van der Waals surface area (Å²) in [5.41, 5.74) is 0. The third kappa shape index (κ3) is 6.39. The van der Waals surface area contributed by atoms with E-state index in [1.165, 1.54) is 7.11 Å². The van der Waals surface area contributed by atoms with Gasteiger partial charge in [0, 0.05) is 18.2 Å². The molecule has 3 saturated heterocycles. The number of rotatable bonds is 9. The zero-order valence-corrected chi connectivity index (χ0v) is 20.4. The molecule has 3 heterocycles. The van der Waals surface area contributed by atoms with Gasteiger partial charge in [-0.1, -0.05) is 6.58 Å². The van der Waals surface area contributed by atoms with E-state index < -0.39 is 42.7 Å². The molecule has 2 N–H and O–H groups in total. The largest absolute Gasteiger partial charge is 0.469 e. The van der Waals surface area contributed by atoms with Crippen molar-refractivity contribution in [2.45, 2.75) is 99.2 Å². The van der Waals surface area contributed by atoms with E-state index in [1.807, 2.05) is 0 Å². The average Bonchev–Trinajstić information content (AvgIpc) is 3.02. The van der Waals surface area contributed by atoms with Crippen LogP contribution in [0.5, 0.6) is 0 Å². The molecule has 3 aliphatic rings. The first kappa shape index (κ1) is 25.3. The fraction of sp³-hybridized carbons (Fsp3) is 0.810. The van der Waals surface area contributed by atoms with Crippen LogP contribution >= 0.6 is 34.2 Å². The van der Waals surface area contributed by atoms with Gasteiger partial charge in [0.2, 0.25) is 0 Å². The number of carbonyl (C=O) groups is 2. The van der Waals surface area contributed by atoms with Crippen LogP contribution in [0.3, 0.4) is 0 Å². The van der Waals surface area contributed by atoms with Crippen molar-refractivity contribution in [2.24, 2.45) is 0 Å². The first-order chi connectivity index (χ1) is 14.7. The lowest BCUT2D eigenvalue weighted by atomic mass is 9.87. The van der Waals surface area contributed by atoms with Gasteiger partial charge in [0.1, 0.15) is 36.3 Å². The van der Waals surface area contributed by atoms with E-state index in [2.05, 4.69) is 33.9 Å². The van der Waals surface area contributed by atoms with Crippen LogP contribution < -0.4 is 0 Å². The van der Waals surface area contributed by atoms with Gasteiger partial charge in [-0.15, -0.1) is 11.6 Å². The van der Waals surface area contributed by atoms with E-state index in [1.54, 1.807) is 0 Å². The number of hydrogen-bond donors (Lipinski definition) is 2. The van der Waals surface area contributed by atoms with Gasteiger partial charge in [0.05, 0.1) is 31.8 Å². The Morgan fingerprint density at radius 2 is 1.84 bits per heavy atom. The Hall–Kier alpha value is -0.300. The molecule has 0 bridgehead atoms. The van der Waals surface area contributed by atoms with E-state index in [0.717, 1.165) is 3.58 Å². The molecule has 0 aromatic heterocycles. The third-order valence-electron chi connectivity index (χ3n) is 6.10. The molecule has 8 nitrogen and oxygen atoms in total. The number of aliphatic hydroxyl groups is 2. The number of ketones is 1. The lowest BCUT2D eigenvalue weighted by Crippen LogP contribution is -2.61. The lowest BCUT2D eigenvalue weighted by Gasteiger charge is -2.46. The Bertz CT molecular complexity index is 676. The number of alkyl halides is 1. The Morgan fingerprint density at radius 1 is 1.13 bits per heavy atom. The predicted molar refractivity (Wildman–Crippen MR) is 120 cm³/mol. The van der Waals surface area contributed by atoms with Crippen LogP contribution in [0.25, 0.3) is 0 Å². The summed E-state index contributed by atoms with van der Waals surface area (Å²) in [6.07, 6.45) is -3.00. The number of allylic oxidation sites excluding steroid dienone is 1. The van der Waals surface area contributed by atoms with Crippen molar-refractivity contribution >= 4 is 45.9 Å². The van der Waals surface area contributed by atoms with Crippen LogP contribution in [0.2, 0.25) is 0 Å². The molecule has 0 amide bonds. The summed E-state index contributed by atoms with van der Waals surface area (Å²) in [5, 5.41) is 21.4. The van der Waals surface area contributed by atoms with Crippen molar-refractivity contribution in [3.8, 4) is 0 Å². The highest BCUT2D eigenvalue weighted by Gasteiger charge is 2.57. The molecule has 10 heteroatoms. The molecule has 176 valence electrons. The van der Waals surface area contributed by atoms with Gasteiger partial charge in [-0.25, -0.2) is 0 Å². The fourth-order valence-electron chi connectivity index (χ4n) is 4.50. The van der Waals surface area contributed by atoms with Gasteiger partial charge in [-0.3, -0.25) is 9.59 Å². The number of ether oxygens (including phenoxy) is 4. The number of fused-ring (bicyclic) bond motifs is 2. The van der Waals surface area contributed by atoms with Crippen molar-refractivity contribution in [3.63, 3.8) is 0 Å². The molecule has 0 radical (unpaired) electrons. The fourth-order valence-corrected chi connectivity index (χ4v) is 5.59. The molecular formula is C21H30ClIO8. The number of carbonyl (C=O) groups excluding carboxylic acids is 2. The van der Waals surface area contributed by atoms with Crippen molar-refractivity contribution in [2.75, 3.05) is 7.11 Å². The van der Waals surface area contributed by atoms with Crippen LogP contribution in [0.1, 0.15) is 44.9 Å². The molecule has 0 aromatic rings. The van der Waals surface area contributed by atoms with E-state index in [9.17, 15) is 19.8 Å². The summed E-state index contributed by atoms with van der Waals surface area (Å²) in [4.78, 5) is 23.9. The highest BCUT2D eigenvalue weighted by molar-refractivity contribution is 14.1. The van der Waals surface area contributed by atoms with Crippen molar-refractivity contribution < 1.29 is 38.7 Å². The second kappa shape index (κ2) is 11.2. The molecule has 3 fully saturated rings. The standard InChI is InChI=1S/C21H30ClIO8/c1-10(23)7-11(22)3-4-12(24)8-15-17(26)20-21(31-15)18(27)19-14(30-20)6-5-13(29-19)9-16(25)28-2/h11,13-15,17-21,26-27H,1,3-9H2,2H3/t11-,13-,14+,15+,17+,18?,19+,20?,21+/m1/s1. The maximum atomic E-state index is 12.4. The van der Waals surface area contributed by atoms with Crippen molar-refractivity contribution in [3.05, 3.63) is 10.2 Å². The van der Waals surface area contributed by atoms with Crippen LogP contribution in [0, 0.1) is 0 Å². The van der Waals surface area contributed by atoms with E-state index >= 15 is 0 Å². The summed E-state index contributed by atoms with van der Waals surface area (Å²) >= 11 is 8.32. The summed E-state index contributed by atoms with van der Waals surface area (Å²) in [5.74, 6) is -0.436. The minimum atomic E-state index is -1.03. The number of methoxy groups -OCH3 is 1. The van der Waals surface area contributed by atoms with Gasteiger partial charge >= 0.3 is 5.97 Å². The average molecular weight is 573 g/mol. The van der Waals surface area contributed by atoms with E-state index in [4.69, 9.17) is 25.8 Å². The SMILES string of the molecule is C=C(I)C[C@H](Cl)CCC(=O)C[C@@H]1O[C@@H]2C(O[C@H]3CC[C@H](CC(=O)OC)O[C@@H]3C2O)[C@H]1O. The van der Waals surface area contributed by atoms with Crippen LogP contribution in [0.15, 0.2) is 10.2 Å². The number of hydrogen-bond acceptors (Lipinski definition) is 8. The number of halogens is 2. The van der Waals surface area contributed by atoms with Gasteiger partial charge in [0.25, 0.3) is 0 Å². The quantitative estimate of drug-likeness (QED) is 0.245. The van der Waals surface area contributed by atoms with Crippen LogP contribution in [-0.4, -0.2) is 83.3 Å². The monoisotopic (exact) mass is 572 g/mol. The minimum Gasteiger partial charge on any atom is -0.469 e. The topological polar surface area (TPSA) is 112 Å². The second-order valence-corrected chi connectivity index (χ2v) is 10.6. The highest BCUT2D eigenvalue weighted by Crippen LogP contribution is 2.40. The van der Waals surface area contributed by atoms with Crippen LogP contribution in [0.4, 0.5) is 0 Å². The summed E-state index contributed by atoms with van der Waals surface area (Å²) in [6, 6.07) is 0. The van der Waals surface area contributed by atoms with Gasteiger partial charge in [-0.2, -0.15) is 0 Å². The molecule has 31 heavy (non-hydrogen) atoms. The zero-order chi connectivity index (χ0) is 22.7. The number of Topliss-reactive ketones (excluding diaryl/α,β-unsaturated/α-hetero) is 1. The lowest BCUT2D eigenvalue weighted by molar-refractivity contribution is -0.259. The third-order valence-corrected chi connectivity index (χ3v) is 6.91. The molecular weight excluding hydrogens is 543 g/mol. The van der Waals surface area contributed by atoms with Crippen molar-refractivity contribution in [1.82, 2.24) is 0 Å². The molecule has 0 saturated carbocycles. The first-order valence-electron chi connectivity index (χ1n) is 10.6. The normalized spacial score (nSPS) is 38.1. The Kier molecular flexibility index (Phi) is 9.16. The molecule has 3 aliphatic heterocycles. The van der Waals surface area contributed by atoms with Gasteiger partial charge in [0.15, 0.2) is 0 Å². The van der Waals surface area contributed by atoms with Crippen molar-refractivity contribution in [1.29, 1.82) is 0 Å².